The quantitative estimate of drug-likeness (QED) is 0.408. The predicted octanol–water partition coefficient (Wildman–Crippen LogP) is 3.67. The molecule has 0 aliphatic heterocycles. The molecule has 0 radical (unpaired) electrons. The average Bonchev–Trinajstić information content (AvgIpc) is 3.28. The van der Waals surface area contributed by atoms with Crippen molar-refractivity contribution in [2.24, 2.45) is 4.99 Å². The minimum absolute atomic E-state index is 0.209. The van der Waals surface area contributed by atoms with Gasteiger partial charge < -0.3 is 15.6 Å². The largest absolute Gasteiger partial charge is 0.361 e. The Bertz CT molecular complexity index is 899. The summed E-state index contributed by atoms with van der Waals surface area (Å²) in [5, 5.41) is 10.8. The number of aryl methyl sites for hydroxylation is 1. The van der Waals surface area contributed by atoms with Gasteiger partial charge >= 0.3 is 0 Å². The number of H-pyrrole nitrogens is 1. The Morgan fingerprint density at radius 1 is 1.26 bits per heavy atom. The number of nitrogens with zero attached hydrogens (tertiary/aromatic N) is 2. The van der Waals surface area contributed by atoms with E-state index in [4.69, 9.17) is 0 Å². The van der Waals surface area contributed by atoms with Crippen molar-refractivity contribution < 1.29 is 4.39 Å². The van der Waals surface area contributed by atoms with E-state index in [9.17, 15) is 4.39 Å². The Morgan fingerprint density at radius 2 is 2.15 bits per heavy atom. The molecule has 0 atom stereocenters. The molecule has 7 heteroatoms. The third-order valence-corrected chi connectivity index (χ3v) is 5.34. The Morgan fingerprint density at radius 3 is 2.93 bits per heavy atom. The maximum atomic E-state index is 13.5. The van der Waals surface area contributed by atoms with Crippen LogP contribution in [0.1, 0.15) is 30.1 Å². The summed E-state index contributed by atoms with van der Waals surface area (Å²) >= 11 is 1.71. The molecule has 0 saturated carbocycles. The highest BCUT2D eigenvalue weighted by Gasteiger charge is 2.06. The van der Waals surface area contributed by atoms with Crippen molar-refractivity contribution in [2.45, 2.75) is 33.1 Å². The van der Waals surface area contributed by atoms with Gasteiger partial charge in [0.2, 0.25) is 0 Å². The smallest absolute Gasteiger partial charge is 0.191 e. The van der Waals surface area contributed by atoms with Crippen LogP contribution in [0.4, 0.5) is 4.39 Å². The zero-order valence-corrected chi connectivity index (χ0v) is 16.6. The summed E-state index contributed by atoms with van der Waals surface area (Å²) in [6.45, 7) is 6.40. The van der Waals surface area contributed by atoms with Crippen molar-refractivity contribution >= 4 is 28.2 Å². The molecule has 3 N–H and O–H groups in total. The molecule has 0 spiro atoms. The molecular weight excluding hydrogens is 361 g/mol. The molecule has 2 aromatic heterocycles. The second-order valence-electron chi connectivity index (χ2n) is 6.28. The van der Waals surface area contributed by atoms with Crippen molar-refractivity contribution in [3.05, 3.63) is 51.9 Å². The number of aromatic nitrogens is 2. The molecule has 0 aliphatic carbocycles. The molecule has 0 aliphatic rings. The van der Waals surface area contributed by atoms with Crippen LogP contribution in [-0.2, 0) is 19.3 Å². The molecule has 0 bridgehead atoms. The zero-order chi connectivity index (χ0) is 19.1. The number of aliphatic imine (C=N–C) groups is 1. The monoisotopic (exact) mass is 387 g/mol. The van der Waals surface area contributed by atoms with E-state index in [0.29, 0.717) is 6.54 Å². The standard InChI is InChI=1S/C20H26FN5S/c1-3-19-26-16(13-27-19)8-10-24-20(22-4-2)23-9-7-14-12-25-18-6-5-15(21)11-17(14)18/h5-6,11-13,25H,3-4,7-10H2,1-2H3,(H2,22,23,24). The van der Waals surface area contributed by atoms with Gasteiger partial charge in [-0.1, -0.05) is 6.92 Å². The van der Waals surface area contributed by atoms with E-state index in [1.165, 1.54) is 11.1 Å². The van der Waals surface area contributed by atoms with E-state index >= 15 is 0 Å². The maximum absolute atomic E-state index is 13.5. The second kappa shape index (κ2) is 9.50. The number of nitrogens with one attached hydrogen (secondary N) is 3. The highest BCUT2D eigenvalue weighted by molar-refractivity contribution is 7.09. The first-order valence-corrected chi connectivity index (χ1v) is 10.3. The highest BCUT2D eigenvalue weighted by Crippen LogP contribution is 2.19. The van der Waals surface area contributed by atoms with Gasteiger partial charge in [0.05, 0.1) is 10.7 Å². The van der Waals surface area contributed by atoms with Crippen molar-refractivity contribution in [1.82, 2.24) is 20.6 Å². The third-order valence-electron chi connectivity index (χ3n) is 4.30. The molecule has 0 amide bonds. The van der Waals surface area contributed by atoms with Gasteiger partial charge in [-0.05, 0) is 43.5 Å². The van der Waals surface area contributed by atoms with Gasteiger partial charge in [0.1, 0.15) is 5.82 Å². The second-order valence-corrected chi connectivity index (χ2v) is 7.22. The fourth-order valence-electron chi connectivity index (χ4n) is 2.92. The van der Waals surface area contributed by atoms with Crippen molar-refractivity contribution in [1.29, 1.82) is 0 Å². The normalized spacial score (nSPS) is 11.9. The molecule has 3 aromatic rings. The lowest BCUT2D eigenvalue weighted by Gasteiger charge is -2.11. The number of rotatable bonds is 8. The molecule has 5 nitrogen and oxygen atoms in total. The lowest BCUT2D eigenvalue weighted by atomic mass is 10.1. The van der Waals surface area contributed by atoms with E-state index in [1.54, 1.807) is 23.5 Å². The molecule has 0 saturated heterocycles. The van der Waals surface area contributed by atoms with Crippen molar-refractivity contribution in [3.8, 4) is 0 Å². The van der Waals surface area contributed by atoms with Gasteiger partial charge in [-0.15, -0.1) is 11.3 Å². The lowest BCUT2D eigenvalue weighted by molar-refractivity contribution is 0.629. The number of aromatic amines is 1. The van der Waals surface area contributed by atoms with Crippen LogP contribution in [0.5, 0.6) is 0 Å². The minimum Gasteiger partial charge on any atom is -0.361 e. The number of halogens is 1. The predicted molar refractivity (Wildman–Crippen MR) is 111 cm³/mol. The molecule has 144 valence electrons. The van der Waals surface area contributed by atoms with Crippen LogP contribution in [0.2, 0.25) is 0 Å². The first-order chi connectivity index (χ1) is 13.2. The van der Waals surface area contributed by atoms with Gasteiger partial charge in [-0.25, -0.2) is 9.37 Å². The summed E-state index contributed by atoms with van der Waals surface area (Å²) in [4.78, 5) is 12.4. The fraction of sp³-hybridized carbons (Fsp3) is 0.400. The number of hydrogen-bond acceptors (Lipinski definition) is 3. The number of hydrogen-bond donors (Lipinski definition) is 3. The number of guanidine groups is 1. The number of fused-ring (bicyclic) bond motifs is 1. The van der Waals surface area contributed by atoms with E-state index in [1.807, 2.05) is 13.1 Å². The van der Waals surface area contributed by atoms with Crippen LogP contribution in [0.3, 0.4) is 0 Å². The SMILES string of the molecule is CCNC(=NCCc1csc(CC)n1)NCCc1c[nH]c2ccc(F)cc12. The van der Waals surface area contributed by atoms with Gasteiger partial charge in [0.15, 0.2) is 5.96 Å². The summed E-state index contributed by atoms with van der Waals surface area (Å²) < 4.78 is 13.5. The third kappa shape index (κ3) is 5.29. The molecule has 0 unspecified atom stereocenters. The Balaban J connectivity index is 1.53. The minimum atomic E-state index is -0.209. The topological polar surface area (TPSA) is 65.1 Å². The highest BCUT2D eigenvalue weighted by atomic mass is 32.1. The van der Waals surface area contributed by atoms with Gasteiger partial charge in [-0.3, -0.25) is 4.99 Å². The molecule has 2 heterocycles. The van der Waals surface area contributed by atoms with E-state index in [2.05, 4.69) is 37.9 Å². The van der Waals surface area contributed by atoms with E-state index < -0.39 is 0 Å². The first kappa shape index (κ1) is 19.4. The maximum Gasteiger partial charge on any atom is 0.191 e. The molecule has 3 rings (SSSR count). The van der Waals surface area contributed by atoms with E-state index in [-0.39, 0.29) is 5.82 Å². The number of benzene rings is 1. The van der Waals surface area contributed by atoms with Crippen LogP contribution in [-0.4, -0.2) is 35.6 Å². The summed E-state index contributed by atoms with van der Waals surface area (Å²) in [5.74, 6) is 0.592. The lowest BCUT2D eigenvalue weighted by Crippen LogP contribution is -2.38. The fourth-order valence-corrected chi connectivity index (χ4v) is 3.70. The molecule has 0 fully saturated rings. The summed E-state index contributed by atoms with van der Waals surface area (Å²) in [6, 6.07) is 4.83. The Kier molecular flexibility index (Phi) is 6.81. The van der Waals surface area contributed by atoms with Crippen LogP contribution in [0.25, 0.3) is 10.9 Å². The molecular formula is C20H26FN5S. The first-order valence-electron chi connectivity index (χ1n) is 9.40. The van der Waals surface area contributed by atoms with E-state index in [0.717, 1.165) is 60.5 Å². The molecule has 27 heavy (non-hydrogen) atoms. The van der Waals surface area contributed by atoms with Gasteiger partial charge in [0, 0.05) is 48.5 Å². The van der Waals surface area contributed by atoms with Gasteiger partial charge in [-0.2, -0.15) is 0 Å². The summed E-state index contributed by atoms with van der Waals surface area (Å²) in [5.41, 5.74) is 3.17. The number of thiazole rings is 1. The summed E-state index contributed by atoms with van der Waals surface area (Å²) in [7, 11) is 0. The zero-order valence-electron chi connectivity index (χ0n) is 15.8. The molecule has 1 aromatic carbocycles. The van der Waals surface area contributed by atoms with Crippen molar-refractivity contribution in [3.63, 3.8) is 0 Å². The van der Waals surface area contributed by atoms with Gasteiger partial charge in [0.25, 0.3) is 0 Å². The van der Waals surface area contributed by atoms with Crippen LogP contribution >= 0.6 is 11.3 Å². The average molecular weight is 388 g/mol. The van der Waals surface area contributed by atoms with Crippen LogP contribution in [0, 0.1) is 5.82 Å². The van der Waals surface area contributed by atoms with Crippen LogP contribution in [0.15, 0.2) is 34.8 Å². The Labute approximate surface area is 163 Å². The summed E-state index contributed by atoms with van der Waals surface area (Å²) in [6.07, 6.45) is 4.56. The van der Waals surface area contributed by atoms with Crippen molar-refractivity contribution in [2.75, 3.05) is 19.6 Å². The van der Waals surface area contributed by atoms with Crippen LogP contribution < -0.4 is 10.6 Å². The Hall–Kier alpha value is -2.41.